The zero-order valence-corrected chi connectivity index (χ0v) is 25.2. The summed E-state index contributed by atoms with van der Waals surface area (Å²) in [7, 11) is -0.901. The minimum atomic E-state index is -2.40. The van der Waals surface area contributed by atoms with Crippen LogP contribution in [0.1, 0.15) is 59.4 Å². The highest BCUT2D eigenvalue weighted by Gasteiger charge is 2.52. The van der Waals surface area contributed by atoms with Crippen LogP contribution in [0, 0.1) is 0 Å². The van der Waals surface area contributed by atoms with Gasteiger partial charge in [-0.3, -0.25) is 9.59 Å². The summed E-state index contributed by atoms with van der Waals surface area (Å²) in [4.78, 5) is 26.2. The molecule has 2 heterocycles. The summed E-state index contributed by atoms with van der Waals surface area (Å²) in [6.07, 6.45) is 3.41. The van der Waals surface area contributed by atoms with Crippen LogP contribution in [0.5, 0.6) is 0 Å². The van der Waals surface area contributed by atoms with Gasteiger partial charge >= 0.3 is 0 Å². The molecule has 2 N–H and O–H groups in total. The van der Waals surface area contributed by atoms with Crippen molar-refractivity contribution in [3.63, 3.8) is 0 Å². The molecule has 38 heavy (non-hydrogen) atoms. The Hall–Kier alpha value is -2.04. The molecule has 9 heteroatoms. The molecule has 212 valence electrons. The molecule has 0 unspecified atom stereocenters. The van der Waals surface area contributed by atoms with Crippen molar-refractivity contribution in [3.8, 4) is 0 Å². The first kappa shape index (κ1) is 30.5. The van der Waals surface area contributed by atoms with E-state index in [9.17, 15) is 9.59 Å². The second-order valence-corrected chi connectivity index (χ2v) is 16.9. The molecule has 2 amide bonds. The molecule has 3 rings (SSSR count). The maximum Gasteiger partial charge on any atom is 0.252 e. The Morgan fingerprint density at radius 2 is 1.87 bits per heavy atom. The van der Waals surface area contributed by atoms with Crippen LogP contribution < -0.4 is 10.6 Å². The minimum Gasteiger partial charge on any atom is -0.408 e. The SMILES string of the molecule is CO[C@@H](C(=O)N[C@H]1CCCCNC1=O)[C@H](O[Si](C)(C)C(C)(C)C)[C@H]1OC(C)(C)O[C@@H]1/C=C/c1ccccc1. The maximum atomic E-state index is 13.7. The molecule has 0 spiro atoms. The van der Waals surface area contributed by atoms with Gasteiger partial charge in [0.2, 0.25) is 5.91 Å². The van der Waals surface area contributed by atoms with Gasteiger partial charge in [-0.2, -0.15) is 0 Å². The topological polar surface area (TPSA) is 95.1 Å². The molecule has 0 saturated carbocycles. The van der Waals surface area contributed by atoms with E-state index in [1.54, 1.807) is 0 Å². The quantitative estimate of drug-likeness (QED) is 0.446. The van der Waals surface area contributed by atoms with Gasteiger partial charge in [-0.05, 0) is 56.8 Å². The van der Waals surface area contributed by atoms with Crippen LogP contribution in [0.25, 0.3) is 6.08 Å². The number of hydrogen-bond donors (Lipinski definition) is 2. The number of ether oxygens (including phenoxy) is 3. The summed E-state index contributed by atoms with van der Waals surface area (Å²) in [5, 5.41) is 5.68. The van der Waals surface area contributed by atoms with E-state index in [0.29, 0.717) is 13.0 Å². The molecule has 1 aromatic carbocycles. The van der Waals surface area contributed by atoms with Crippen LogP contribution in [-0.2, 0) is 28.2 Å². The van der Waals surface area contributed by atoms with Gasteiger partial charge in [0.1, 0.15) is 24.4 Å². The van der Waals surface area contributed by atoms with Gasteiger partial charge in [0, 0.05) is 13.7 Å². The summed E-state index contributed by atoms with van der Waals surface area (Å²) < 4.78 is 25.4. The Bertz CT molecular complexity index is 975. The number of hydrogen-bond acceptors (Lipinski definition) is 6. The molecule has 8 nitrogen and oxygen atoms in total. The summed E-state index contributed by atoms with van der Waals surface area (Å²) in [5.74, 6) is -1.45. The van der Waals surface area contributed by atoms with Crippen molar-refractivity contribution in [1.29, 1.82) is 0 Å². The summed E-state index contributed by atoms with van der Waals surface area (Å²) in [6, 6.07) is 9.34. The van der Waals surface area contributed by atoms with Crippen molar-refractivity contribution in [2.75, 3.05) is 13.7 Å². The van der Waals surface area contributed by atoms with Crippen LogP contribution >= 0.6 is 0 Å². The highest BCUT2D eigenvalue weighted by molar-refractivity contribution is 6.74. The molecule has 0 aromatic heterocycles. The van der Waals surface area contributed by atoms with Crippen molar-refractivity contribution < 1.29 is 28.2 Å². The van der Waals surface area contributed by atoms with Gasteiger partial charge in [0.05, 0.1) is 0 Å². The van der Waals surface area contributed by atoms with Gasteiger partial charge in [-0.1, -0.05) is 63.3 Å². The lowest BCUT2D eigenvalue weighted by Crippen LogP contribution is -2.59. The monoisotopic (exact) mass is 546 g/mol. The zero-order valence-electron chi connectivity index (χ0n) is 24.2. The first-order valence-corrected chi connectivity index (χ1v) is 16.5. The molecule has 2 aliphatic rings. The molecule has 1 aromatic rings. The summed E-state index contributed by atoms with van der Waals surface area (Å²) in [6.45, 7) is 15.1. The van der Waals surface area contributed by atoms with E-state index >= 15 is 0 Å². The Morgan fingerprint density at radius 1 is 1.18 bits per heavy atom. The fourth-order valence-electron chi connectivity index (χ4n) is 4.53. The fourth-order valence-corrected chi connectivity index (χ4v) is 5.82. The number of methoxy groups -OCH3 is 1. The van der Waals surface area contributed by atoms with E-state index in [2.05, 4.69) is 44.5 Å². The van der Waals surface area contributed by atoms with E-state index in [0.717, 1.165) is 18.4 Å². The van der Waals surface area contributed by atoms with Crippen LogP contribution in [0.2, 0.25) is 18.1 Å². The summed E-state index contributed by atoms with van der Waals surface area (Å²) in [5.41, 5.74) is 1.03. The van der Waals surface area contributed by atoms with Crippen molar-refractivity contribution in [3.05, 3.63) is 42.0 Å². The molecule has 2 saturated heterocycles. The first-order valence-electron chi connectivity index (χ1n) is 13.6. The molecule has 0 bridgehead atoms. The molecule has 5 atom stereocenters. The van der Waals surface area contributed by atoms with Gasteiger partial charge in [0.15, 0.2) is 20.2 Å². The van der Waals surface area contributed by atoms with Gasteiger partial charge in [-0.25, -0.2) is 0 Å². The number of amides is 2. The van der Waals surface area contributed by atoms with Crippen LogP contribution in [0.4, 0.5) is 0 Å². The normalized spacial score (nSPS) is 26.0. The standard InChI is InChI=1S/C29H46N2O6Si/c1-28(2,3)38(7,8)37-24(25(34-6)27(33)31-21-16-12-13-19-30-26(21)32)23-22(35-29(4,5)36-23)18-17-20-14-10-9-11-15-20/h9-11,14-15,17-18,21-25H,12-13,16,19H2,1-8H3,(H,30,32)(H,31,33)/b18-17+/t21-,22+,23-,24+,25+/m0/s1. The number of benzene rings is 1. The highest BCUT2D eigenvalue weighted by Crippen LogP contribution is 2.41. The lowest BCUT2D eigenvalue weighted by molar-refractivity contribution is -0.167. The number of rotatable bonds is 9. The minimum absolute atomic E-state index is 0.119. The first-order chi connectivity index (χ1) is 17.7. The molecule has 0 radical (unpaired) electrons. The largest absolute Gasteiger partial charge is 0.408 e. The average molecular weight is 547 g/mol. The van der Waals surface area contributed by atoms with Crippen molar-refractivity contribution in [2.45, 2.75) is 108 Å². The second-order valence-electron chi connectivity index (χ2n) is 12.2. The molecular formula is C29H46N2O6Si. The number of carbonyl (C=O) groups is 2. The van der Waals surface area contributed by atoms with Crippen LogP contribution in [0.15, 0.2) is 36.4 Å². The highest BCUT2D eigenvalue weighted by atomic mass is 28.4. The molecule has 2 aliphatic heterocycles. The summed E-state index contributed by atoms with van der Waals surface area (Å²) >= 11 is 0. The Labute approximate surface area is 229 Å². The van der Waals surface area contributed by atoms with Crippen molar-refractivity contribution >= 4 is 26.2 Å². The Balaban J connectivity index is 1.95. The third-order valence-corrected chi connectivity index (χ3v) is 12.1. The van der Waals surface area contributed by atoms with Gasteiger partial charge < -0.3 is 29.3 Å². The van der Waals surface area contributed by atoms with Gasteiger partial charge in [-0.15, -0.1) is 0 Å². The van der Waals surface area contributed by atoms with Gasteiger partial charge in [0.25, 0.3) is 5.91 Å². The lowest BCUT2D eigenvalue weighted by atomic mass is 10.0. The predicted molar refractivity (Wildman–Crippen MR) is 151 cm³/mol. The lowest BCUT2D eigenvalue weighted by Gasteiger charge is -2.42. The van der Waals surface area contributed by atoms with E-state index in [-0.39, 0.29) is 10.9 Å². The van der Waals surface area contributed by atoms with E-state index in [4.69, 9.17) is 18.6 Å². The predicted octanol–water partition coefficient (Wildman–Crippen LogP) is 4.41. The van der Waals surface area contributed by atoms with E-state index in [1.165, 1.54) is 7.11 Å². The average Bonchev–Trinajstić information content (AvgIpc) is 3.00. The van der Waals surface area contributed by atoms with Crippen LogP contribution in [0.3, 0.4) is 0 Å². The zero-order chi connectivity index (χ0) is 28.1. The second kappa shape index (κ2) is 12.4. The third-order valence-electron chi connectivity index (χ3n) is 7.66. The van der Waals surface area contributed by atoms with Crippen molar-refractivity contribution in [2.24, 2.45) is 0 Å². The van der Waals surface area contributed by atoms with E-state index < -0.39 is 50.5 Å². The Morgan fingerprint density at radius 3 is 2.50 bits per heavy atom. The fraction of sp³-hybridized carbons (Fsp3) is 0.655. The van der Waals surface area contributed by atoms with E-state index in [1.807, 2.05) is 56.3 Å². The Kier molecular flexibility index (Phi) is 9.97. The van der Waals surface area contributed by atoms with Crippen LogP contribution in [-0.4, -0.2) is 70.0 Å². The molecule has 2 fully saturated rings. The molecule has 0 aliphatic carbocycles. The number of nitrogens with one attached hydrogen (secondary N) is 2. The number of carbonyl (C=O) groups excluding carboxylic acids is 2. The van der Waals surface area contributed by atoms with Crippen molar-refractivity contribution in [1.82, 2.24) is 10.6 Å². The maximum absolute atomic E-state index is 13.7. The smallest absolute Gasteiger partial charge is 0.252 e. The molecular weight excluding hydrogens is 500 g/mol. The third kappa shape index (κ3) is 7.76.